The van der Waals surface area contributed by atoms with Crippen molar-refractivity contribution in [2.75, 3.05) is 20.1 Å². The molecule has 0 aromatic heterocycles. The maximum Gasteiger partial charge on any atom is 0.257 e. The molecular weight excluding hydrogens is 221 g/mol. The second kappa shape index (κ2) is 5.50. The van der Waals surface area contributed by atoms with Crippen LogP contribution in [-0.4, -0.2) is 26.0 Å². The lowest BCUT2D eigenvalue weighted by Gasteiger charge is -2.06. The van der Waals surface area contributed by atoms with Gasteiger partial charge in [-0.1, -0.05) is 0 Å². The average Bonchev–Trinajstić information content (AvgIpc) is 2.16. The Kier molecular flexibility index (Phi) is 4.30. The zero-order valence-corrected chi connectivity index (χ0v) is 8.61. The van der Waals surface area contributed by atoms with Crippen LogP contribution in [-0.2, 0) is 0 Å². The summed E-state index contributed by atoms with van der Waals surface area (Å²) < 4.78 is 38.8. The standard InChI is InChI=1S/C10H11F3N2O/c1-14-2-3-15-10(16)9-7(12)4-6(11)5-8(9)13/h4-5,14H,2-3H2,1H3,(H,15,16). The highest BCUT2D eigenvalue weighted by Gasteiger charge is 2.18. The van der Waals surface area contributed by atoms with E-state index in [0.717, 1.165) is 0 Å². The van der Waals surface area contributed by atoms with E-state index in [9.17, 15) is 18.0 Å². The van der Waals surface area contributed by atoms with Crippen LogP contribution >= 0.6 is 0 Å². The van der Waals surface area contributed by atoms with Crippen LogP contribution in [0.3, 0.4) is 0 Å². The monoisotopic (exact) mass is 232 g/mol. The number of halogens is 3. The quantitative estimate of drug-likeness (QED) is 0.762. The molecule has 0 heterocycles. The molecule has 0 saturated heterocycles. The Morgan fingerprint density at radius 3 is 2.25 bits per heavy atom. The van der Waals surface area contributed by atoms with Crippen molar-refractivity contribution in [2.24, 2.45) is 0 Å². The summed E-state index contributed by atoms with van der Waals surface area (Å²) in [6.45, 7) is 0.696. The summed E-state index contributed by atoms with van der Waals surface area (Å²) in [5.74, 6) is -4.37. The summed E-state index contributed by atoms with van der Waals surface area (Å²) in [5, 5.41) is 5.05. The first-order valence-electron chi connectivity index (χ1n) is 4.63. The Balaban J connectivity index is 2.83. The minimum absolute atomic E-state index is 0.228. The van der Waals surface area contributed by atoms with Crippen molar-refractivity contribution in [3.8, 4) is 0 Å². The molecule has 0 aliphatic rings. The minimum atomic E-state index is -1.21. The Hall–Kier alpha value is -1.56. The molecule has 3 nitrogen and oxygen atoms in total. The van der Waals surface area contributed by atoms with E-state index in [2.05, 4.69) is 10.6 Å². The molecule has 1 amide bonds. The lowest BCUT2D eigenvalue weighted by atomic mass is 10.2. The smallest absolute Gasteiger partial charge is 0.257 e. The topological polar surface area (TPSA) is 41.1 Å². The average molecular weight is 232 g/mol. The molecule has 0 atom stereocenters. The molecule has 6 heteroatoms. The maximum absolute atomic E-state index is 13.1. The van der Waals surface area contributed by atoms with Gasteiger partial charge in [0.15, 0.2) is 0 Å². The van der Waals surface area contributed by atoms with Gasteiger partial charge in [-0.3, -0.25) is 4.79 Å². The maximum atomic E-state index is 13.1. The fraction of sp³-hybridized carbons (Fsp3) is 0.300. The summed E-state index contributed by atoms with van der Waals surface area (Å²) in [7, 11) is 1.67. The fourth-order valence-electron chi connectivity index (χ4n) is 1.15. The highest BCUT2D eigenvalue weighted by molar-refractivity contribution is 5.94. The lowest BCUT2D eigenvalue weighted by Crippen LogP contribution is -2.31. The van der Waals surface area contributed by atoms with Crippen molar-refractivity contribution >= 4 is 5.91 Å². The number of amides is 1. The number of benzene rings is 1. The van der Waals surface area contributed by atoms with Crippen molar-refractivity contribution in [1.82, 2.24) is 10.6 Å². The Bertz CT molecular complexity index is 373. The van der Waals surface area contributed by atoms with Gasteiger partial charge in [-0.2, -0.15) is 0 Å². The Morgan fingerprint density at radius 1 is 1.19 bits per heavy atom. The van der Waals surface area contributed by atoms with Gasteiger partial charge in [-0.05, 0) is 7.05 Å². The second-order valence-corrected chi connectivity index (χ2v) is 3.10. The van der Waals surface area contributed by atoms with Crippen LogP contribution in [0.1, 0.15) is 10.4 Å². The molecule has 0 spiro atoms. The Labute approximate surface area is 90.6 Å². The van der Waals surface area contributed by atoms with Gasteiger partial charge in [0.2, 0.25) is 0 Å². The molecule has 1 rings (SSSR count). The predicted octanol–water partition coefficient (Wildman–Crippen LogP) is 1.05. The highest BCUT2D eigenvalue weighted by atomic mass is 19.1. The van der Waals surface area contributed by atoms with E-state index in [1.54, 1.807) is 7.05 Å². The molecule has 0 saturated carbocycles. The van der Waals surface area contributed by atoms with E-state index < -0.39 is 28.9 Å². The second-order valence-electron chi connectivity index (χ2n) is 3.10. The number of likely N-dealkylation sites (N-methyl/N-ethyl adjacent to an activating group) is 1. The van der Waals surface area contributed by atoms with Gasteiger partial charge < -0.3 is 10.6 Å². The minimum Gasteiger partial charge on any atom is -0.351 e. The predicted molar refractivity (Wildman–Crippen MR) is 52.6 cm³/mol. The first-order valence-corrected chi connectivity index (χ1v) is 4.63. The van der Waals surface area contributed by atoms with Crippen molar-refractivity contribution in [1.29, 1.82) is 0 Å². The van der Waals surface area contributed by atoms with E-state index in [0.29, 0.717) is 18.7 Å². The van der Waals surface area contributed by atoms with Crippen molar-refractivity contribution < 1.29 is 18.0 Å². The Morgan fingerprint density at radius 2 is 1.75 bits per heavy atom. The van der Waals surface area contributed by atoms with E-state index in [4.69, 9.17) is 0 Å². The first-order chi connectivity index (χ1) is 7.56. The molecule has 2 N–H and O–H groups in total. The van der Waals surface area contributed by atoms with Crippen LogP contribution in [0.2, 0.25) is 0 Å². The van der Waals surface area contributed by atoms with E-state index in [1.165, 1.54) is 0 Å². The summed E-state index contributed by atoms with van der Waals surface area (Å²) in [5.41, 5.74) is -0.766. The van der Waals surface area contributed by atoms with Crippen LogP contribution in [0.15, 0.2) is 12.1 Å². The summed E-state index contributed by atoms with van der Waals surface area (Å²) >= 11 is 0. The van der Waals surface area contributed by atoms with Crippen LogP contribution in [0.5, 0.6) is 0 Å². The number of nitrogens with one attached hydrogen (secondary N) is 2. The molecule has 0 aliphatic carbocycles. The van der Waals surface area contributed by atoms with Crippen molar-refractivity contribution in [3.63, 3.8) is 0 Å². The third-order valence-corrected chi connectivity index (χ3v) is 1.89. The molecular formula is C10H11F3N2O. The number of carbonyl (C=O) groups is 1. The fourth-order valence-corrected chi connectivity index (χ4v) is 1.15. The van der Waals surface area contributed by atoms with Crippen molar-refractivity contribution in [2.45, 2.75) is 0 Å². The van der Waals surface area contributed by atoms with Crippen LogP contribution in [0.4, 0.5) is 13.2 Å². The van der Waals surface area contributed by atoms with Gasteiger partial charge in [0, 0.05) is 25.2 Å². The lowest BCUT2D eigenvalue weighted by molar-refractivity contribution is 0.0945. The molecule has 0 bridgehead atoms. The van der Waals surface area contributed by atoms with Crippen LogP contribution in [0.25, 0.3) is 0 Å². The zero-order chi connectivity index (χ0) is 12.1. The SMILES string of the molecule is CNCCNC(=O)c1c(F)cc(F)cc1F. The van der Waals surface area contributed by atoms with Gasteiger partial charge in [0.05, 0.1) is 0 Å². The number of carbonyl (C=O) groups excluding carboxylic acids is 1. The van der Waals surface area contributed by atoms with E-state index in [1.807, 2.05) is 0 Å². The summed E-state index contributed by atoms with van der Waals surface area (Å²) in [6, 6.07) is 0.937. The molecule has 88 valence electrons. The van der Waals surface area contributed by atoms with Gasteiger partial charge in [0.25, 0.3) is 5.91 Å². The molecule has 16 heavy (non-hydrogen) atoms. The van der Waals surface area contributed by atoms with Crippen LogP contribution in [0, 0.1) is 17.5 Å². The highest BCUT2D eigenvalue weighted by Crippen LogP contribution is 2.14. The number of hydrogen-bond donors (Lipinski definition) is 2. The third kappa shape index (κ3) is 2.96. The van der Waals surface area contributed by atoms with Gasteiger partial charge >= 0.3 is 0 Å². The molecule has 0 aliphatic heterocycles. The molecule has 0 radical (unpaired) electrons. The first kappa shape index (κ1) is 12.5. The molecule has 1 aromatic rings. The number of hydrogen-bond acceptors (Lipinski definition) is 2. The van der Waals surface area contributed by atoms with Crippen molar-refractivity contribution in [3.05, 3.63) is 35.1 Å². The van der Waals surface area contributed by atoms with E-state index in [-0.39, 0.29) is 6.54 Å². The molecule has 1 aromatic carbocycles. The third-order valence-electron chi connectivity index (χ3n) is 1.89. The zero-order valence-electron chi connectivity index (χ0n) is 8.61. The summed E-state index contributed by atoms with van der Waals surface area (Å²) in [6.07, 6.45) is 0. The van der Waals surface area contributed by atoms with Crippen LogP contribution < -0.4 is 10.6 Å². The largest absolute Gasteiger partial charge is 0.351 e. The number of rotatable bonds is 4. The molecule has 0 fully saturated rings. The summed E-state index contributed by atoms with van der Waals surface area (Å²) in [4.78, 5) is 11.3. The normalized spacial score (nSPS) is 10.2. The van der Waals surface area contributed by atoms with Gasteiger partial charge in [-0.25, -0.2) is 13.2 Å². The molecule has 0 unspecified atom stereocenters. The van der Waals surface area contributed by atoms with Gasteiger partial charge in [0.1, 0.15) is 23.0 Å². The van der Waals surface area contributed by atoms with E-state index >= 15 is 0 Å². The van der Waals surface area contributed by atoms with Gasteiger partial charge in [-0.15, -0.1) is 0 Å².